The van der Waals surface area contributed by atoms with E-state index in [1.54, 1.807) is 4.90 Å². The third kappa shape index (κ3) is 3.76. The lowest BCUT2D eigenvalue weighted by Crippen LogP contribution is -2.51. The Morgan fingerprint density at radius 2 is 1.82 bits per heavy atom. The molecular weight excluding hydrogens is 286 g/mol. The predicted molar refractivity (Wildman–Crippen MR) is 79.7 cm³/mol. The Hall–Kier alpha value is -2.08. The van der Waals surface area contributed by atoms with Crippen LogP contribution in [0.25, 0.3) is 0 Å². The van der Waals surface area contributed by atoms with Crippen LogP contribution in [0, 0.1) is 0 Å². The number of aliphatic carboxylic acids is 1. The molecule has 2 rings (SSSR count). The van der Waals surface area contributed by atoms with Gasteiger partial charge in [0.2, 0.25) is 5.91 Å². The molecule has 2 N–H and O–H groups in total. The molecule has 0 aliphatic carbocycles. The van der Waals surface area contributed by atoms with Crippen molar-refractivity contribution >= 4 is 11.9 Å². The molecule has 1 aliphatic heterocycles. The maximum absolute atomic E-state index is 12.2. The normalized spacial score (nSPS) is 17.1. The van der Waals surface area contributed by atoms with E-state index >= 15 is 0 Å². The van der Waals surface area contributed by atoms with E-state index < -0.39 is 11.6 Å². The van der Waals surface area contributed by atoms with E-state index in [-0.39, 0.29) is 38.3 Å². The molecule has 6 heteroatoms. The smallest absolute Gasteiger partial charge is 0.335 e. The Balaban J connectivity index is 1.89. The van der Waals surface area contributed by atoms with Crippen LogP contribution in [0.15, 0.2) is 24.3 Å². The summed E-state index contributed by atoms with van der Waals surface area (Å²) < 4.78 is 5.35. The first-order chi connectivity index (χ1) is 10.4. The third-order valence-corrected chi connectivity index (χ3v) is 3.93. The van der Waals surface area contributed by atoms with Crippen molar-refractivity contribution in [3.8, 4) is 5.75 Å². The summed E-state index contributed by atoms with van der Waals surface area (Å²) in [6, 6.07) is 7.35. The van der Waals surface area contributed by atoms with Crippen molar-refractivity contribution < 1.29 is 24.5 Å². The fourth-order valence-electron chi connectivity index (χ4n) is 2.50. The second-order valence-corrected chi connectivity index (χ2v) is 5.47. The van der Waals surface area contributed by atoms with Gasteiger partial charge in [-0.15, -0.1) is 0 Å². The lowest BCUT2D eigenvalue weighted by molar-refractivity contribution is -0.165. The summed E-state index contributed by atoms with van der Waals surface area (Å²) in [7, 11) is 0. The molecule has 1 saturated heterocycles. The Morgan fingerprint density at radius 3 is 2.32 bits per heavy atom. The van der Waals surface area contributed by atoms with Gasteiger partial charge in [-0.2, -0.15) is 0 Å². The molecule has 1 amide bonds. The minimum atomic E-state index is -1.70. The van der Waals surface area contributed by atoms with Gasteiger partial charge >= 0.3 is 5.97 Å². The molecule has 120 valence electrons. The number of benzene rings is 1. The highest BCUT2D eigenvalue weighted by Gasteiger charge is 2.40. The molecule has 0 spiro atoms. The van der Waals surface area contributed by atoms with Crippen molar-refractivity contribution in [2.45, 2.75) is 31.8 Å². The Bertz CT molecular complexity index is 532. The molecular formula is C16H21NO5. The zero-order chi connectivity index (χ0) is 16.2. The molecule has 6 nitrogen and oxygen atoms in total. The molecule has 22 heavy (non-hydrogen) atoms. The average molecular weight is 307 g/mol. The van der Waals surface area contributed by atoms with Crippen molar-refractivity contribution in [3.63, 3.8) is 0 Å². The first-order valence-electron chi connectivity index (χ1n) is 7.40. The molecule has 1 aromatic rings. The molecule has 0 saturated carbocycles. The second-order valence-electron chi connectivity index (χ2n) is 5.47. The van der Waals surface area contributed by atoms with E-state index in [9.17, 15) is 14.7 Å². The summed E-state index contributed by atoms with van der Waals surface area (Å²) in [5.41, 5.74) is -0.817. The van der Waals surface area contributed by atoms with Gasteiger partial charge in [0.1, 0.15) is 5.75 Å². The Morgan fingerprint density at radius 1 is 1.23 bits per heavy atom. The van der Waals surface area contributed by atoms with Crippen LogP contribution in [0.4, 0.5) is 0 Å². The Labute approximate surface area is 129 Å². The van der Waals surface area contributed by atoms with Gasteiger partial charge in [-0.3, -0.25) is 4.79 Å². The largest absolute Gasteiger partial charge is 0.494 e. The predicted octanol–water partition coefficient (Wildman–Crippen LogP) is 1.07. The number of carbonyl (C=O) groups excluding carboxylic acids is 1. The fraction of sp³-hybridized carbons (Fsp3) is 0.500. The van der Waals surface area contributed by atoms with E-state index in [0.717, 1.165) is 11.3 Å². The minimum absolute atomic E-state index is 0.0587. The highest BCUT2D eigenvalue weighted by atomic mass is 16.5. The number of carboxylic acids is 1. The zero-order valence-electron chi connectivity index (χ0n) is 12.6. The number of aliphatic hydroxyl groups is 1. The number of carboxylic acid groups (broad SMARTS) is 1. The lowest BCUT2D eigenvalue weighted by atomic mass is 9.91. The van der Waals surface area contributed by atoms with E-state index in [4.69, 9.17) is 9.84 Å². The van der Waals surface area contributed by atoms with Crippen LogP contribution in [0.1, 0.15) is 25.3 Å². The standard InChI is InChI=1S/C16H21NO5/c1-2-22-13-5-3-12(4-6-13)11-14(18)17-9-7-16(21,8-10-17)15(19)20/h3-6,21H,2,7-11H2,1H3,(H,19,20). The van der Waals surface area contributed by atoms with Crippen molar-refractivity contribution in [2.24, 2.45) is 0 Å². The highest BCUT2D eigenvalue weighted by Crippen LogP contribution is 2.23. The number of piperidine rings is 1. The number of carbonyl (C=O) groups is 2. The van der Waals surface area contributed by atoms with Crippen molar-refractivity contribution in [3.05, 3.63) is 29.8 Å². The maximum Gasteiger partial charge on any atom is 0.335 e. The second kappa shape index (κ2) is 6.79. The number of ether oxygens (including phenoxy) is 1. The molecule has 1 aromatic carbocycles. The van der Waals surface area contributed by atoms with Gasteiger partial charge in [0.15, 0.2) is 5.60 Å². The summed E-state index contributed by atoms with van der Waals surface area (Å²) >= 11 is 0. The van der Waals surface area contributed by atoms with Crippen LogP contribution in [0.5, 0.6) is 5.75 Å². The molecule has 0 unspecified atom stereocenters. The molecule has 1 aliphatic rings. The van der Waals surface area contributed by atoms with Crippen LogP contribution in [0.3, 0.4) is 0 Å². The van der Waals surface area contributed by atoms with Gasteiger partial charge in [0, 0.05) is 25.9 Å². The number of nitrogens with zero attached hydrogens (tertiary/aromatic N) is 1. The van der Waals surface area contributed by atoms with Crippen molar-refractivity contribution in [1.82, 2.24) is 4.90 Å². The monoisotopic (exact) mass is 307 g/mol. The topological polar surface area (TPSA) is 87.1 Å². The first kappa shape index (κ1) is 16.3. The average Bonchev–Trinajstić information content (AvgIpc) is 2.50. The van der Waals surface area contributed by atoms with Crippen molar-refractivity contribution in [1.29, 1.82) is 0 Å². The molecule has 0 radical (unpaired) electrons. The highest BCUT2D eigenvalue weighted by molar-refractivity contribution is 5.80. The summed E-state index contributed by atoms with van der Waals surface area (Å²) in [6.07, 6.45) is 0.395. The number of likely N-dealkylation sites (tertiary alicyclic amines) is 1. The first-order valence-corrected chi connectivity index (χ1v) is 7.40. The van der Waals surface area contributed by atoms with Crippen LogP contribution >= 0.6 is 0 Å². The summed E-state index contributed by atoms with van der Waals surface area (Å²) in [4.78, 5) is 24.8. The number of rotatable bonds is 5. The zero-order valence-corrected chi connectivity index (χ0v) is 12.6. The van der Waals surface area contributed by atoms with Crippen LogP contribution in [0.2, 0.25) is 0 Å². The molecule has 1 heterocycles. The third-order valence-electron chi connectivity index (χ3n) is 3.93. The number of hydrogen-bond donors (Lipinski definition) is 2. The molecule has 1 fully saturated rings. The Kier molecular flexibility index (Phi) is 5.03. The lowest BCUT2D eigenvalue weighted by Gasteiger charge is -2.35. The number of amides is 1. The summed E-state index contributed by atoms with van der Waals surface area (Å²) in [6.45, 7) is 3.03. The van der Waals surface area contributed by atoms with Crippen LogP contribution in [-0.2, 0) is 16.0 Å². The quantitative estimate of drug-likeness (QED) is 0.849. The van der Waals surface area contributed by atoms with Gasteiger partial charge in [0.25, 0.3) is 0 Å². The van der Waals surface area contributed by atoms with E-state index in [1.165, 1.54) is 0 Å². The fourth-order valence-corrected chi connectivity index (χ4v) is 2.50. The number of hydrogen-bond acceptors (Lipinski definition) is 4. The van der Waals surface area contributed by atoms with Crippen LogP contribution in [-0.4, -0.2) is 52.3 Å². The maximum atomic E-state index is 12.2. The molecule has 0 bridgehead atoms. The minimum Gasteiger partial charge on any atom is -0.494 e. The van der Waals surface area contributed by atoms with Gasteiger partial charge in [-0.1, -0.05) is 12.1 Å². The van der Waals surface area contributed by atoms with E-state index in [0.29, 0.717) is 6.61 Å². The molecule has 0 aromatic heterocycles. The molecule has 0 atom stereocenters. The van der Waals surface area contributed by atoms with Gasteiger partial charge in [0.05, 0.1) is 13.0 Å². The van der Waals surface area contributed by atoms with Gasteiger partial charge in [-0.05, 0) is 24.6 Å². The summed E-state index contributed by atoms with van der Waals surface area (Å²) in [5.74, 6) is -0.508. The van der Waals surface area contributed by atoms with Crippen molar-refractivity contribution in [2.75, 3.05) is 19.7 Å². The summed E-state index contributed by atoms with van der Waals surface area (Å²) in [5, 5.41) is 18.8. The van der Waals surface area contributed by atoms with E-state index in [1.807, 2.05) is 31.2 Å². The van der Waals surface area contributed by atoms with Gasteiger partial charge in [-0.25, -0.2) is 4.79 Å². The van der Waals surface area contributed by atoms with Gasteiger partial charge < -0.3 is 19.8 Å². The SMILES string of the molecule is CCOc1ccc(CC(=O)N2CCC(O)(C(=O)O)CC2)cc1. The van der Waals surface area contributed by atoms with Crippen LogP contribution < -0.4 is 4.74 Å². The van der Waals surface area contributed by atoms with E-state index in [2.05, 4.69) is 0 Å².